The van der Waals surface area contributed by atoms with E-state index in [1.165, 1.54) is 0 Å². The van der Waals surface area contributed by atoms with Gasteiger partial charge in [-0.3, -0.25) is 9.59 Å². The highest BCUT2D eigenvalue weighted by molar-refractivity contribution is 7.07. The second kappa shape index (κ2) is 7.45. The van der Waals surface area contributed by atoms with Crippen LogP contribution in [0.5, 0.6) is 0 Å². The van der Waals surface area contributed by atoms with Crippen molar-refractivity contribution in [2.24, 2.45) is 5.92 Å². The first-order chi connectivity index (χ1) is 8.95. The molecule has 19 heavy (non-hydrogen) atoms. The van der Waals surface area contributed by atoms with Gasteiger partial charge in [-0.25, -0.2) is 0 Å². The molecule has 0 bridgehead atoms. The quantitative estimate of drug-likeness (QED) is 0.789. The lowest BCUT2D eigenvalue weighted by Gasteiger charge is -2.21. The molecule has 1 amide bonds. The maximum absolute atomic E-state index is 11.8. The Morgan fingerprint density at radius 3 is 2.68 bits per heavy atom. The number of aliphatic hydroxyl groups excluding tert-OH is 1. The second-order valence-corrected chi connectivity index (χ2v) is 5.80. The summed E-state index contributed by atoms with van der Waals surface area (Å²) in [7, 11) is 0. The third kappa shape index (κ3) is 4.80. The third-order valence-electron chi connectivity index (χ3n) is 3.13. The highest BCUT2D eigenvalue weighted by Gasteiger charge is 2.15. The molecule has 0 saturated carbocycles. The van der Waals surface area contributed by atoms with E-state index in [9.17, 15) is 9.59 Å². The van der Waals surface area contributed by atoms with Crippen molar-refractivity contribution >= 4 is 17.2 Å². The molecule has 108 valence electrons. The number of rotatable bonds is 7. The number of aromatic nitrogens is 1. The van der Waals surface area contributed by atoms with E-state index in [2.05, 4.69) is 5.32 Å². The molecule has 0 radical (unpaired) electrons. The number of nitrogens with zero attached hydrogens (tertiary/aromatic N) is 1. The van der Waals surface area contributed by atoms with Crippen LogP contribution in [0.3, 0.4) is 0 Å². The first-order valence-corrected chi connectivity index (χ1v) is 7.38. The number of nitrogens with one attached hydrogen (secondary N) is 1. The molecular weight excluding hydrogens is 264 g/mol. The predicted octanol–water partition coefficient (Wildman–Crippen LogP) is 1.13. The zero-order valence-corrected chi connectivity index (χ0v) is 12.5. The summed E-state index contributed by atoms with van der Waals surface area (Å²) in [5.41, 5.74) is 0.888. The Bertz CT molecular complexity index is 465. The van der Waals surface area contributed by atoms with Crippen LogP contribution >= 0.6 is 11.3 Å². The molecule has 0 aliphatic rings. The van der Waals surface area contributed by atoms with E-state index in [1.54, 1.807) is 9.95 Å². The van der Waals surface area contributed by atoms with Gasteiger partial charge in [0.05, 0.1) is 0 Å². The Hall–Kier alpha value is -1.14. The van der Waals surface area contributed by atoms with Crippen LogP contribution in [0.1, 0.15) is 32.4 Å². The molecule has 1 atom stereocenters. The summed E-state index contributed by atoms with van der Waals surface area (Å²) in [6, 6.07) is -0.0159. The Morgan fingerprint density at radius 2 is 2.21 bits per heavy atom. The molecule has 1 rings (SSSR count). The fourth-order valence-electron chi connectivity index (χ4n) is 1.88. The number of hydrogen-bond acceptors (Lipinski definition) is 4. The molecule has 6 heteroatoms. The fourth-order valence-corrected chi connectivity index (χ4v) is 2.64. The van der Waals surface area contributed by atoms with Gasteiger partial charge in [0.25, 0.3) is 0 Å². The highest BCUT2D eigenvalue weighted by atomic mass is 32.1. The fraction of sp³-hybridized carbons (Fsp3) is 0.692. The van der Waals surface area contributed by atoms with E-state index < -0.39 is 0 Å². The topological polar surface area (TPSA) is 71.3 Å². The lowest BCUT2D eigenvalue weighted by atomic mass is 10.0. The Labute approximate surface area is 117 Å². The minimum Gasteiger partial charge on any atom is -0.396 e. The number of amides is 1. The SMILES string of the molecule is Cc1csc(=O)n1CCC(=O)NC(CCO)C(C)C. The molecule has 0 fully saturated rings. The summed E-state index contributed by atoms with van der Waals surface area (Å²) in [5.74, 6) is 0.200. The zero-order chi connectivity index (χ0) is 14.4. The average molecular weight is 286 g/mol. The summed E-state index contributed by atoms with van der Waals surface area (Å²) in [5, 5.41) is 13.7. The van der Waals surface area contributed by atoms with Crippen LogP contribution in [0, 0.1) is 12.8 Å². The van der Waals surface area contributed by atoms with Gasteiger partial charge in [-0.15, -0.1) is 0 Å². The van der Waals surface area contributed by atoms with Gasteiger partial charge >= 0.3 is 4.87 Å². The van der Waals surface area contributed by atoms with E-state index in [4.69, 9.17) is 5.11 Å². The Kier molecular flexibility index (Phi) is 6.24. The van der Waals surface area contributed by atoms with Crippen LogP contribution in [-0.2, 0) is 11.3 Å². The van der Waals surface area contributed by atoms with E-state index in [1.807, 2.05) is 20.8 Å². The summed E-state index contributed by atoms with van der Waals surface area (Å²) < 4.78 is 1.61. The van der Waals surface area contributed by atoms with Gasteiger partial charge in [0.1, 0.15) is 0 Å². The predicted molar refractivity (Wildman–Crippen MR) is 76.4 cm³/mol. The molecule has 0 aromatic carbocycles. The zero-order valence-electron chi connectivity index (χ0n) is 11.7. The van der Waals surface area contributed by atoms with Crippen LogP contribution in [0.4, 0.5) is 0 Å². The number of aliphatic hydroxyl groups is 1. The van der Waals surface area contributed by atoms with E-state index >= 15 is 0 Å². The molecule has 1 aromatic rings. The molecule has 0 spiro atoms. The summed E-state index contributed by atoms with van der Waals surface area (Å²) >= 11 is 1.15. The van der Waals surface area contributed by atoms with Crippen molar-refractivity contribution in [3.05, 3.63) is 20.7 Å². The lowest BCUT2D eigenvalue weighted by molar-refractivity contribution is -0.122. The van der Waals surface area contributed by atoms with Crippen LogP contribution in [0.25, 0.3) is 0 Å². The standard InChI is InChI=1S/C13H22N2O3S/c1-9(2)11(5-7-16)14-12(17)4-6-15-10(3)8-19-13(15)18/h8-9,11,16H,4-7H2,1-3H3,(H,14,17). The van der Waals surface area contributed by atoms with Crippen molar-refractivity contribution in [3.8, 4) is 0 Å². The molecule has 0 aliphatic carbocycles. The molecule has 5 nitrogen and oxygen atoms in total. The first-order valence-electron chi connectivity index (χ1n) is 6.50. The Morgan fingerprint density at radius 1 is 1.53 bits per heavy atom. The normalized spacial score (nSPS) is 12.7. The van der Waals surface area contributed by atoms with Gasteiger partial charge in [0, 0.05) is 36.7 Å². The number of thiazole rings is 1. The minimum atomic E-state index is -0.0790. The van der Waals surface area contributed by atoms with Crippen molar-refractivity contribution < 1.29 is 9.90 Å². The van der Waals surface area contributed by atoms with Gasteiger partial charge < -0.3 is 15.0 Å². The van der Waals surface area contributed by atoms with E-state index in [-0.39, 0.29) is 35.8 Å². The molecule has 0 aliphatic heterocycles. The van der Waals surface area contributed by atoms with Crippen LogP contribution in [0.15, 0.2) is 10.2 Å². The van der Waals surface area contributed by atoms with Crippen molar-refractivity contribution in [3.63, 3.8) is 0 Å². The third-order valence-corrected chi connectivity index (χ3v) is 4.01. The summed E-state index contributed by atoms with van der Waals surface area (Å²) in [6.07, 6.45) is 0.840. The van der Waals surface area contributed by atoms with Crippen molar-refractivity contribution in [1.82, 2.24) is 9.88 Å². The minimum absolute atomic E-state index is 0.0159. The van der Waals surface area contributed by atoms with Crippen molar-refractivity contribution in [2.45, 2.75) is 46.2 Å². The molecule has 2 N–H and O–H groups in total. The molecular formula is C13H22N2O3S. The molecule has 1 heterocycles. The average Bonchev–Trinajstić information content (AvgIpc) is 2.66. The largest absolute Gasteiger partial charge is 0.396 e. The van der Waals surface area contributed by atoms with Gasteiger partial charge in [0.15, 0.2) is 0 Å². The van der Waals surface area contributed by atoms with Crippen molar-refractivity contribution in [1.29, 1.82) is 0 Å². The molecule has 0 saturated heterocycles. The van der Waals surface area contributed by atoms with Crippen molar-refractivity contribution in [2.75, 3.05) is 6.61 Å². The van der Waals surface area contributed by atoms with Gasteiger partial charge in [-0.05, 0) is 19.3 Å². The summed E-state index contributed by atoms with van der Waals surface area (Å²) in [6.45, 7) is 6.34. The van der Waals surface area contributed by atoms with Crippen LogP contribution < -0.4 is 10.2 Å². The maximum Gasteiger partial charge on any atom is 0.307 e. The number of hydrogen-bond donors (Lipinski definition) is 2. The monoisotopic (exact) mass is 286 g/mol. The van der Waals surface area contributed by atoms with E-state index in [0.717, 1.165) is 17.0 Å². The maximum atomic E-state index is 11.8. The number of carbonyl (C=O) groups excluding carboxylic acids is 1. The van der Waals surface area contributed by atoms with E-state index in [0.29, 0.717) is 13.0 Å². The van der Waals surface area contributed by atoms with Crippen LogP contribution in [-0.4, -0.2) is 28.2 Å². The van der Waals surface area contributed by atoms with Gasteiger partial charge in [-0.2, -0.15) is 0 Å². The first kappa shape index (κ1) is 15.9. The smallest absolute Gasteiger partial charge is 0.307 e. The van der Waals surface area contributed by atoms with Crippen LogP contribution in [0.2, 0.25) is 0 Å². The second-order valence-electron chi connectivity index (χ2n) is 4.97. The molecule has 1 aromatic heterocycles. The molecule has 1 unspecified atom stereocenters. The van der Waals surface area contributed by atoms with Gasteiger partial charge in [0.2, 0.25) is 5.91 Å². The Balaban J connectivity index is 2.49. The number of aryl methyl sites for hydroxylation is 1. The lowest BCUT2D eigenvalue weighted by Crippen LogP contribution is -2.39. The highest BCUT2D eigenvalue weighted by Crippen LogP contribution is 2.06. The summed E-state index contributed by atoms with van der Waals surface area (Å²) in [4.78, 5) is 23.3. The van der Waals surface area contributed by atoms with Gasteiger partial charge in [-0.1, -0.05) is 25.2 Å². The number of carbonyl (C=O) groups is 1.